The van der Waals surface area contributed by atoms with E-state index in [4.69, 9.17) is 21.5 Å². The van der Waals surface area contributed by atoms with Crippen molar-refractivity contribution in [2.75, 3.05) is 6.61 Å². The van der Waals surface area contributed by atoms with Gasteiger partial charge in [0.2, 0.25) is 10.0 Å². The largest absolute Gasteiger partial charge is 0.491 e. The minimum absolute atomic E-state index is 0.106. The van der Waals surface area contributed by atoms with Crippen LogP contribution >= 0.6 is 27.5 Å². The molecule has 0 aliphatic rings. The summed E-state index contributed by atoms with van der Waals surface area (Å²) in [5.74, 6) is 0.570. The van der Waals surface area contributed by atoms with Crippen LogP contribution in [0.2, 0.25) is 5.02 Å². The number of benzene rings is 1. The quantitative estimate of drug-likeness (QED) is 0.881. The highest BCUT2D eigenvalue weighted by molar-refractivity contribution is 9.10. The SMILES string of the molecule is CC(C)CCOc1c(Cl)cc(Br)cc1S(N)(=O)=O. The topological polar surface area (TPSA) is 69.4 Å². The number of hydrogen-bond acceptors (Lipinski definition) is 3. The van der Waals surface area contributed by atoms with Crippen LogP contribution in [0.3, 0.4) is 0 Å². The Hall–Kier alpha value is -0.300. The van der Waals surface area contributed by atoms with Crippen molar-refractivity contribution in [3.05, 3.63) is 21.6 Å². The zero-order valence-electron chi connectivity index (χ0n) is 10.1. The van der Waals surface area contributed by atoms with Gasteiger partial charge in [0.25, 0.3) is 0 Å². The summed E-state index contributed by atoms with van der Waals surface area (Å²) in [6.45, 7) is 4.49. The fourth-order valence-electron chi connectivity index (χ4n) is 1.28. The Labute approximate surface area is 121 Å². The Bertz CT molecular complexity index is 531. The summed E-state index contributed by atoms with van der Waals surface area (Å²) in [7, 11) is -3.87. The minimum Gasteiger partial charge on any atom is -0.491 e. The third-order valence-electron chi connectivity index (χ3n) is 2.22. The van der Waals surface area contributed by atoms with E-state index in [9.17, 15) is 8.42 Å². The number of ether oxygens (including phenoxy) is 1. The molecule has 0 heterocycles. The molecule has 0 saturated carbocycles. The van der Waals surface area contributed by atoms with Crippen molar-refractivity contribution in [1.82, 2.24) is 0 Å². The molecule has 1 aromatic carbocycles. The number of primary sulfonamides is 1. The lowest BCUT2D eigenvalue weighted by molar-refractivity contribution is 0.283. The molecule has 0 atom stereocenters. The maximum Gasteiger partial charge on any atom is 0.241 e. The van der Waals surface area contributed by atoms with E-state index in [1.54, 1.807) is 6.07 Å². The van der Waals surface area contributed by atoms with Crippen molar-refractivity contribution in [3.8, 4) is 5.75 Å². The summed E-state index contributed by atoms with van der Waals surface area (Å²) in [5, 5.41) is 5.36. The molecule has 0 amide bonds. The Kier molecular flexibility index (Phi) is 5.46. The van der Waals surface area contributed by atoms with Gasteiger partial charge in [0.1, 0.15) is 4.90 Å². The summed E-state index contributed by atoms with van der Waals surface area (Å²) < 4.78 is 28.9. The molecule has 0 saturated heterocycles. The molecule has 18 heavy (non-hydrogen) atoms. The summed E-state index contributed by atoms with van der Waals surface area (Å²) in [4.78, 5) is -0.106. The highest BCUT2D eigenvalue weighted by atomic mass is 79.9. The number of rotatable bonds is 5. The van der Waals surface area contributed by atoms with Crippen LogP contribution < -0.4 is 9.88 Å². The third-order valence-corrected chi connectivity index (χ3v) is 3.88. The monoisotopic (exact) mass is 355 g/mol. The Morgan fingerprint density at radius 1 is 1.44 bits per heavy atom. The second-order valence-corrected chi connectivity index (χ2v) is 7.14. The van der Waals surface area contributed by atoms with Gasteiger partial charge in [-0.1, -0.05) is 41.4 Å². The van der Waals surface area contributed by atoms with Crippen LogP contribution in [0.5, 0.6) is 5.75 Å². The molecule has 0 aliphatic carbocycles. The van der Waals surface area contributed by atoms with E-state index in [-0.39, 0.29) is 15.7 Å². The van der Waals surface area contributed by atoms with Gasteiger partial charge in [0, 0.05) is 4.47 Å². The van der Waals surface area contributed by atoms with E-state index in [2.05, 4.69) is 15.9 Å². The molecule has 0 bridgehead atoms. The van der Waals surface area contributed by atoms with Gasteiger partial charge in [-0.2, -0.15) is 0 Å². The molecule has 0 fully saturated rings. The predicted molar refractivity (Wildman–Crippen MR) is 75.5 cm³/mol. The first-order valence-corrected chi connectivity index (χ1v) is 8.08. The fraction of sp³-hybridized carbons (Fsp3) is 0.455. The summed E-state index contributed by atoms with van der Waals surface area (Å²) in [6.07, 6.45) is 0.802. The van der Waals surface area contributed by atoms with Gasteiger partial charge in [0.05, 0.1) is 11.6 Å². The highest BCUT2D eigenvalue weighted by Crippen LogP contribution is 2.35. The predicted octanol–water partition coefficient (Wildman–Crippen LogP) is 3.17. The van der Waals surface area contributed by atoms with Crippen molar-refractivity contribution in [3.63, 3.8) is 0 Å². The van der Waals surface area contributed by atoms with Crippen molar-refractivity contribution in [2.24, 2.45) is 11.1 Å². The van der Waals surface area contributed by atoms with Gasteiger partial charge in [-0.3, -0.25) is 0 Å². The van der Waals surface area contributed by atoms with E-state index < -0.39 is 10.0 Å². The zero-order valence-corrected chi connectivity index (χ0v) is 13.3. The minimum atomic E-state index is -3.87. The number of sulfonamides is 1. The number of nitrogens with two attached hydrogens (primary N) is 1. The molecule has 1 aromatic rings. The molecule has 4 nitrogen and oxygen atoms in total. The standard InChI is InChI=1S/C11H15BrClNO3S/c1-7(2)3-4-17-11-9(13)5-8(12)6-10(11)18(14,15)16/h5-7H,3-4H2,1-2H3,(H2,14,15,16). The first kappa shape index (κ1) is 15.8. The van der Waals surface area contributed by atoms with E-state index in [1.807, 2.05) is 13.8 Å². The van der Waals surface area contributed by atoms with Crippen molar-refractivity contribution in [1.29, 1.82) is 0 Å². The van der Waals surface area contributed by atoms with Crippen molar-refractivity contribution < 1.29 is 13.2 Å². The molecule has 0 spiro atoms. The smallest absolute Gasteiger partial charge is 0.241 e. The summed E-state index contributed by atoms with van der Waals surface area (Å²) in [5.41, 5.74) is 0. The lowest BCUT2D eigenvalue weighted by Crippen LogP contribution is -2.15. The van der Waals surface area contributed by atoms with Gasteiger partial charge in [-0.05, 0) is 24.5 Å². The van der Waals surface area contributed by atoms with Crippen LogP contribution in [0.1, 0.15) is 20.3 Å². The van der Waals surface area contributed by atoms with Gasteiger partial charge in [-0.25, -0.2) is 13.6 Å². The lowest BCUT2D eigenvalue weighted by Gasteiger charge is -2.13. The molecule has 2 N–H and O–H groups in total. The average molecular weight is 357 g/mol. The van der Waals surface area contributed by atoms with E-state index in [0.29, 0.717) is 17.0 Å². The van der Waals surface area contributed by atoms with E-state index >= 15 is 0 Å². The van der Waals surface area contributed by atoms with Gasteiger partial charge in [0.15, 0.2) is 5.75 Å². The van der Waals surface area contributed by atoms with Gasteiger partial charge in [-0.15, -0.1) is 0 Å². The Morgan fingerprint density at radius 2 is 2.06 bits per heavy atom. The molecule has 0 aromatic heterocycles. The molecule has 102 valence electrons. The molecule has 0 aliphatic heterocycles. The number of halogens is 2. The summed E-state index contributed by atoms with van der Waals surface area (Å²) in [6, 6.07) is 2.95. The molecular weight excluding hydrogens is 342 g/mol. The average Bonchev–Trinajstić information content (AvgIpc) is 2.18. The first-order chi connectivity index (χ1) is 8.21. The Balaban J connectivity index is 3.09. The van der Waals surface area contributed by atoms with Crippen molar-refractivity contribution >= 4 is 37.6 Å². The maximum atomic E-state index is 11.5. The zero-order chi connectivity index (χ0) is 13.9. The van der Waals surface area contributed by atoms with Gasteiger partial charge >= 0.3 is 0 Å². The van der Waals surface area contributed by atoms with Crippen LogP contribution in [0.4, 0.5) is 0 Å². The van der Waals surface area contributed by atoms with Crippen LogP contribution in [0, 0.1) is 5.92 Å². The maximum absolute atomic E-state index is 11.5. The van der Waals surface area contributed by atoms with Crippen LogP contribution in [-0.2, 0) is 10.0 Å². The first-order valence-electron chi connectivity index (χ1n) is 5.36. The lowest BCUT2D eigenvalue weighted by atomic mass is 10.1. The second-order valence-electron chi connectivity index (χ2n) is 4.29. The van der Waals surface area contributed by atoms with Crippen LogP contribution in [-0.4, -0.2) is 15.0 Å². The highest BCUT2D eigenvalue weighted by Gasteiger charge is 2.19. The Morgan fingerprint density at radius 3 is 2.56 bits per heavy atom. The molecule has 7 heteroatoms. The summed E-state index contributed by atoms with van der Waals surface area (Å²) >= 11 is 9.15. The molecule has 1 rings (SSSR count). The molecular formula is C11H15BrClNO3S. The molecule has 0 radical (unpaired) electrons. The van der Waals surface area contributed by atoms with E-state index in [1.165, 1.54) is 6.07 Å². The normalized spacial score (nSPS) is 11.9. The van der Waals surface area contributed by atoms with Crippen LogP contribution in [0.25, 0.3) is 0 Å². The third kappa shape index (κ3) is 4.42. The van der Waals surface area contributed by atoms with Gasteiger partial charge < -0.3 is 4.74 Å². The van der Waals surface area contributed by atoms with E-state index in [0.717, 1.165) is 6.42 Å². The van der Waals surface area contributed by atoms with Crippen molar-refractivity contribution in [2.45, 2.75) is 25.2 Å². The fourth-order valence-corrected chi connectivity index (χ4v) is 3.07. The second kappa shape index (κ2) is 6.23. The molecule has 0 unspecified atom stereocenters. The number of hydrogen-bond donors (Lipinski definition) is 1. The van der Waals surface area contributed by atoms with Crippen LogP contribution in [0.15, 0.2) is 21.5 Å².